The molecule has 0 saturated carbocycles. The monoisotopic (exact) mass is 448 g/mol. The Hall–Kier alpha value is -3.68. The number of nitrogens with two attached hydrogens (primary N) is 1. The van der Waals surface area contributed by atoms with Crippen LogP contribution >= 0.6 is 0 Å². The van der Waals surface area contributed by atoms with Crippen LogP contribution in [0.5, 0.6) is 0 Å². The number of unbranched alkanes of at least 4 members (excludes halogenated alkanes) is 1. The zero-order valence-corrected chi connectivity index (χ0v) is 18.7. The molecule has 2 heterocycles. The van der Waals surface area contributed by atoms with E-state index in [1.54, 1.807) is 24.3 Å². The second-order valence-electron chi connectivity index (χ2n) is 8.47. The minimum Gasteiger partial charge on any atom is -0.370 e. The molecule has 172 valence electrons. The summed E-state index contributed by atoms with van der Waals surface area (Å²) in [6.07, 6.45) is 4.87. The van der Waals surface area contributed by atoms with E-state index in [0.29, 0.717) is 23.4 Å². The predicted molar refractivity (Wildman–Crippen MR) is 126 cm³/mol. The third-order valence-corrected chi connectivity index (χ3v) is 6.19. The third-order valence-electron chi connectivity index (χ3n) is 6.19. The standard InChI is InChI=1S/C25H28N4O4/c1-2-3-13-29-24(32)18-9-7-17(14-19(18)25(29)33)23(31)27-20-15-16(22(26)30)8-10-21(20)28-11-5-4-6-12-28/h7-10,14-15H,2-6,11-13H2,1H3,(H2,26,30)(H,27,31). The number of nitrogens with zero attached hydrogens (tertiary/aromatic N) is 2. The number of nitrogens with one attached hydrogen (secondary N) is 1. The van der Waals surface area contributed by atoms with Crippen molar-refractivity contribution in [3.63, 3.8) is 0 Å². The molecular weight excluding hydrogens is 420 g/mol. The van der Waals surface area contributed by atoms with Gasteiger partial charge in [0.15, 0.2) is 0 Å². The molecule has 2 aromatic carbocycles. The summed E-state index contributed by atoms with van der Waals surface area (Å²) < 4.78 is 0. The van der Waals surface area contributed by atoms with E-state index in [9.17, 15) is 19.2 Å². The van der Waals surface area contributed by atoms with Crippen molar-refractivity contribution in [1.29, 1.82) is 0 Å². The number of fused-ring (bicyclic) bond motifs is 1. The van der Waals surface area contributed by atoms with Crippen molar-refractivity contribution in [2.75, 3.05) is 29.9 Å². The van der Waals surface area contributed by atoms with Gasteiger partial charge in [0, 0.05) is 30.8 Å². The molecule has 0 aliphatic carbocycles. The third kappa shape index (κ3) is 4.46. The number of anilines is 2. The van der Waals surface area contributed by atoms with Crippen molar-refractivity contribution < 1.29 is 19.2 Å². The number of hydrogen-bond donors (Lipinski definition) is 2. The molecule has 1 saturated heterocycles. The van der Waals surface area contributed by atoms with Gasteiger partial charge in [-0.2, -0.15) is 0 Å². The molecule has 0 atom stereocenters. The maximum Gasteiger partial charge on any atom is 0.261 e. The molecule has 4 rings (SSSR count). The number of amides is 4. The van der Waals surface area contributed by atoms with Crippen LogP contribution in [0.4, 0.5) is 11.4 Å². The van der Waals surface area contributed by atoms with Crippen molar-refractivity contribution in [2.24, 2.45) is 5.73 Å². The Labute approximate surface area is 192 Å². The molecule has 4 amide bonds. The zero-order valence-electron chi connectivity index (χ0n) is 18.7. The summed E-state index contributed by atoms with van der Waals surface area (Å²) in [6.45, 7) is 4.08. The predicted octanol–water partition coefficient (Wildman–Crippen LogP) is 3.42. The first-order valence-electron chi connectivity index (χ1n) is 11.4. The van der Waals surface area contributed by atoms with Gasteiger partial charge in [0.2, 0.25) is 5.91 Å². The minimum absolute atomic E-state index is 0.242. The summed E-state index contributed by atoms with van der Waals surface area (Å²) in [7, 11) is 0. The topological polar surface area (TPSA) is 113 Å². The molecule has 1 fully saturated rings. The fourth-order valence-electron chi connectivity index (χ4n) is 4.35. The van der Waals surface area contributed by atoms with E-state index in [0.717, 1.165) is 50.9 Å². The summed E-state index contributed by atoms with van der Waals surface area (Å²) >= 11 is 0. The van der Waals surface area contributed by atoms with Crippen LogP contribution in [-0.2, 0) is 0 Å². The van der Waals surface area contributed by atoms with Gasteiger partial charge in [-0.3, -0.25) is 24.1 Å². The van der Waals surface area contributed by atoms with Gasteiger partial charge >= 0.3 is 0 Å². The average molecular weight is 449 g/mol. The fraction of sp³-hybridized carbons (Fsp3) is 0.360. The molecule has 0 bridgehead atoms. The summed E-state index contributed by atoms with van der Waals surface area (Å²) in [5, 5.41) is 2.88. The van der Waals surface area contributed by atoms with Crippen LogP contribution < -0.4 is 16.0 Å². The van der Waals surface area contributed by atoms with E-state index in [1.165, 1.54) is 17.0 Å². The van der Waals surface area contributed by atoms with Gasteiger partial charge in [-0.05, 0) is 62.1 Å². The molecular formula is C25H28N4O4. The Bertz CT molecular complexity index is 1120. The molecule has 2 aliphatic rings. The SMILES string of the molecule is CCCCN1C(=O)c2ccc(C(=O)Nc3cc(C(N)=O)ccc3N3CCCCC3)cc2C1=O. The minimum atomic E-state index is -0.579. The van der Waals surface area contributed by atoms with E-state index in [4.69, 9.17) is 5.73 Å². The number of rotatable bonds is 7. The van der Waals surface area contributed by atoms with Crippen LogP contribution in [0.3, 0.4) is 0 Å². The number of carbonyl (C=O) groups is 4. The molecule has 3 N–H and O–H groups in total. The van der Waals surface area contributed by atoms with Gasteiger partial charge in [-0.1, -0.05) is 13.3 Å². The largest absolute Gasteiger partial charge is 0.370 e. The summed E-state index contributed by atoms with van der Waals surface area (Å²) in [6, 6.07) is 9.58. The highest BCUT2D eigenvalue weighted by Gasteiger charge is 2.35. The fourth-order valence-corrected chi connectivity index (χ4v) is 4.35. The lowest BCUT2D eigenvalue weighted by Crippen LogP contribution is -2.30. The number of benzene rings is 2. The first-order valence-corrected chi connectivity index (χ1v) is 11.4. The van der Waals surface area contributed by atoms with Crippen molar-refractivity contribution in [3.05, 3.63) is 58.7 Å². The van der Waals surface area contributed by atoms with E-state index in [1.807, 2.05) is 6.92 Å². The lowest BCUT2D eigenvalue weighted by atomic mass is 10.0. The highest BCUT2D eigenvalue weighted by Crippen LogP contribution is 2.31. The quantitative estimate of drug-likeness (QED) is 0.630. The zero-order chi connectivity index (χ0) is 23.5. The van der Waals surface area contributed by atoms with Gasteiger partial charge in [0.05, 0.1) is 22.5 Å². The van der Waals surface area contributed by atoms with Gasteiger partial charge < -0.3 is 16.0 Å². The number of piperidine rings is 1. The highest BCUT2D eigenvalue weighted by molar-refractivity contribution is 6.22. The Morgan fingerprint density at radius 1 is 0.939 bits per heavy atom. The van der Waals surface area contributed by atoms with E-state index < -0.39 is 11.8 Å². The molecule has 8 heteroatoms. The highest BCUT2D eigenvalue weighted by atomic mass is 16.2. The molecule has 33 heavy (non-hydrogen) atoms. The van der Waals surface area contributed by atoms with Crippen LogP contribution in [-0.4, -0.2) is 48.2 Å². The lowest BCUT2D eigenvalue weighted by molar-refractivity contribution is 0.0652. The first-order chi connectivity index (χ1) is 15.9. The molecule has 0 radical (unpaired) electrons. The number of imide groups is 1. The Morgan fingerprint density at radius 3 is 2.33 bits per heavy atom. The number of hydrogen-bond acceptors (Lipinski definition) is 5. The van der Waals surface area contributed by atoms with Crippen molar-refractivity contribution in [1.82, 2.24) is 4.90 Å². The first kappa shape index (κ1) is 22.5. The molecule has 2 aromatic rings. The van der Waals surface area contributed by atoms with Crippen molar-refractivity contribution in [2.45, 2.75) is 39.0 Å². The molecule has 2 aliphatic heterocycles. The molecule has 8 nitrogen and oxygen atoms in total. The maximum absolute atomic E-state index is 13.1. The maximum atomic E-state index is 13.1. The van der Waals surface area contributed by atoms with Crippen LogP contribution in [0, 0.1) is 0 Å². The Morgan fingerprint density at radius 2 is 1.64 bits per heavy atom. The van der Waals surface area contributed by atoms with Crippen LogP contribution in [0.15, 0.2) is 36.4 Å². The van der Waals surface area contributed by atoms with Crippen LogP contribution in [0.2, 0.25) is 0 Å². The lowest BCUT2D eigenvalue weighted by Gasteiger charge is -2.30. The molecule has 0 spiro atoms. The van der Waals surface area contributed by atoms with Crippen molar-refractivity contribution >= 4 is 35.0 Å². The molecule has 0 unspecified atom stereocenters. The van der Waals surface area contributed by atoms with Gasteiger partial charge in [0.1, 0.15) is 0 Å². The smallest absolute Gasteiger partial charge is 0.261 e. The molecule has 0 aromatic heterocycles. The van der Waals surface area contributed by atoms with Crippen LogP contribution in [0.1, 0.15) is 80.5 Å². The number of primary amides is 1. The van der Waals surface area contributed by atoms with Gasteiger partial charge in [-0.15, -0.1) is 0 Å². The number of carbonyl (C=O) groups excluding carboxylic acids is 4. The second-order valence-corrected chi connectivity index (χ2v) is 8.47. The normalized spacial score (nSPS) is 15.5. The summed E-state index contributed by atoms with van der Waals surface area (Å²) in [4.78, 5) is 53.6. The average Bonchev–Trinajstić information content (AvgIpc) is 3.07. The van der Waals surface area contributed by atoms with E-state index in [-0.39, 0.29) is 22.9 Å². The van der Waals surface area contributed by atoms with E-state index in [2.05, 4.69) is 10.2 Å². The van der Waals surface area contributed by atoms with Crippen molar-refractivity contribution in [3.8, 4) is 0 Å². The Kier molecular flexibility index (Phi) is 6.44. The summed E-state index contributed by atoms with van der Waals surface area (Å²) in [5.74, 6) is -1.70. The summed E-state index contributed by atoms with van der Waals surface area (Å²) in [5.41, 5.74) is 7.89. The van der Waals surface area contributed by atoms with Crippen LogP contribution in [0.25, 0.3) is 0 Å². The second kappa shape index (κ2) is 9.44. The Balaban J connectivity index is 1.61. The van der Waals surface area contributed by atoms with Gasteiger partial charge in [-0.25, -0.2) is 0 Å². The van der Waals surface area contributed by atoms with E-state index >= 15 is 0 Å². The van der Waals surface area contributed by atoms with Gasteiger partial charge in [0.25, 0.3) is 17.7 Å².